The lowest BCUT2D eigenvalue weighted by Gasteiger charge is -2.64. The molecule has 0 aromatic rings. The molecule has 0 heterocycles. The van der Waals surface area contributed by atoms with Crippen LogP contribution in [0.4, 0.5) is 0 Å². The summed E-state index contributed by atoms with van der Waals surface area (Å²) in [6.07, 6.45) is 8.58. The van der Waals surface area contributed by atoms with E-state index in [2.05, 4.69) is 6.92 Å². The molecule has 5 nitrogen and oxygen atoms in total. The number of carboxylic acid groups (broad SMARTS) is 1. The van der Waals surface area contributed by atoms with E-state index in [0.29, 0.717) is 31.1 Å². The summed E-state index contributed by atoms with van der Waals surface area (Å²) < 4.78 is 0. The fraction of sp³-hybridized carbons (Fsp3) is 0.870. The molecule has 0 radical (unpaired) electrons. The van der Waals surface area contributed by atoms with Gasteiger partial charge < -0.3 is 20.4 Å². The molecule has 8 atom stereocenters. The summed E-state index contributed by atoms with van der Waals surface area (Å²) >= 11 is 0. The molecule has 4 saturated carbocycles. The van der Waals surface area contributed by atoms with Crippen molar-refractivity contribution < 1.29 is 25.2 Å². The van der Waals surface area contributed by atoms with Crippen LogP contribution in [0.2, 0.25) is 0 Å². The Morgan fingerprint density at radius 1 is 0.964 bits per heavy atom. The molecule has 5 heteroatoms. The predicted octanol–water partition coefficient (Wildman–Crippen LogP) is 3.27. The second-order valence-corrected chi connectivity index (χ2v) is 10.8. The monoisotopic (exact) mass is 392 g/mol. The highest BCUT2D eigenvalue weighted by Crippen LogP contribution is 2.70. The number of fused-ring (bicyclic) bond motifs is 5. The number of aliphatic hydroxyl groups excluding tert-OH is 1. The van der Waals surface area contributed by atoms with Crippen LogP contribution < -0.4 is 0 Å². The standard InChI is InChI=1S/C23H36O5/c1-14(19(25)26)13-22(27)10-11-23(28)18-5-4-15-12-16(24)6-8-20(15,2)17(18)7-9-21(22,23)3/h13,15-18,24,27-28H,4-12H2,1-3H3,(H,25,26)/b14-13+/t15-,16+,17+,18-,20+,21-,22+,23+/m1/s1. The number of hydrogen-bond donors (Lipinski definition) is 4. The van der Waals surface area contributed by atoms with E-state index in [1.165, 1.54) is 13.0 Å². The third kappa shape index (κ3) is 2.51. The quantitative estimate of drug-likeness (QED) is 0.541. The molecule has 0 aromatic carbocycles. The van der Waals surface area contributed by atoms with Crippen molar-refractivity contribution in [3.63, 3.8) is 0 Å². The fourth-order valence-corrected chi connectivity index (χ4v) is 7.91. The van der Waals surface area contributed by atoms with Crippen LogP contribution in [-0.2, 0) is 4.79 Å². The van der Waals surface area contributed by atoms with Crippen molar-refractivity contribution in [3.8, 4) is 0 Å². The van der Waals surface area contributed by atoms with Crippen LogP contribution in [0, 0.1) is 28.6 Å². The number of aliphatic hydroxyl groups is 3. The minimum atomic E-state index is -1.28. The minimum absolute atomic E-state index is 0.135. The predicted molar refractivity (Wildman–Crippen MR) is 106 cm³/mol. The van der Waals surface area contributed by atoms with Crippen molar-refractivity contribution in [2.24, 2.45) is 28.6 Å². The molecule has 4 fully saturated rings. The Balaban J connectivity index is 1.69. The summed E-state index contributed by atoms with van der Waals surface area (Å²) in [6.45, 7) is 5.86. The highest BCUT2D eigenvalue weighted by Gasteiger charge is 2.71. The highest BCUT2D eigenvalue weighted by molar-refractivity contribution is 5.86. The van der Waals surface area contributed by atoms with Crippen LogP contribution in [0.5, 0.6) is 0 Å². The smallest absolute Gasteiger partial charge is 0.331 e. The number of carbonyl (C=O) groups is 1. The normalized spacial score (nSPS) is 53.9. The lowest BCUT2D eigenvalue weighted by Crippen LogP contribution is -2.65. The van der Waals surface area contributed by atoms with Gasteiger partial charge in [-0.25, -0.2) is 4.79 Å². The molecule has 4 N–H and O–H groups in total. The molecule has 0 saturated heterocycles. The van der Waals surface area contributed by atoms with Crippen LogP contribution in [0.25, 0.3) is 0 Å². The molecule has 28 heavy (non-hydrogen) atoms. The lowest BCUT2D eigenvalue weighted by molar-refractivity contribution is -0.227. The van der Waals surface area contributed by atoms with Gasteiger partial charge in [-0.05, 0) is 94.0 Å². The van der Waals surface area contributed by atoms with Gasteiger partial charge in [-0.2, -0.15) is 0 Å². The molecular weight excluding hydrogens is 356 g/mol. The summed E-state index contributed by atoms with van der Waals surface area (Å²) in [5.41, 5.74) is -2.69. The van der Waals surface area contributed by atoms with E-state index in [1.54, 1.807) is 0 Å². The average molecular weight is 393 g/mol. The Hall–Kier alpha value is -0.910. The zero-order valence-electron chi connectivity index (χ0n) is 17.4. The van der Waals surface area contributed by atoms with E-state index in [1.807, 2.05) is 6.92 Å². The Kier molecular flexibility index (Phi) is 4.58. The van der Waals surface area contributed by atoms with Crippen LogP contribution >= 0.6 is 0 Å². The highest BCUT2D eigenvalue weighted by atomic mass is 16.4. The lowest BCUT2D eigenvalue weighted by atomic mass is 9.43. The van der Waals surface area contributed by atoms with Gasteiger partial charge in [0.2, 0.25) is 0 Å². The molecule has 0 aliphatic heterocycles. The van der Waals surface area contributed by atoms with E-state index < -0.39 is 22.6 Å². The van der Waals surface area contributed by atoms with Crippen molar-refractivity contribution in [3.05, 3.63) is 11.6 Å². The van der Waals surface area contributed by atoms with Gasteiger partial charge in [0, 0.05) is 11.0 Å². The maximum atomic E-state index is 12.0. The number of aliphatic carboxylic acids is 1. The molecule has 0 amide bonds. The third-order valence-corrected chi connectivity index (χ3v) is 9.82. The molecule has 4 aliphatic rings. The zero-order chi connectivity index (χ0) is 20.5. The van der Waals surface area contributed by atoms with Crippen molar-refractivity contribution in [2.45, 2.75) is 95.9 Å². The van der Waals surface area contributed by atoms with Crippen molar-refractivity contribution in [1.29, 1.82) is 0 Å². The summed E-state index contributed by atoms with van der Waals surface area (Å²) in [7, 11) is 0. The first-order valence-electron chi connectivity index (χ1n) is 11.0. The molecule has 0 bridgehead atoms. The Morgan fingerprint density at radius 2 is 1.68 bits per heavy atom. The topological polar surface area (TPSA) is 98.0 Å². The van der Waals surface area contributed by atoms with Crippen molar-refractivity contribution >= 4 is 5.97 Å². The van der Waals surface area contributed by atoms with Crippen LogP contribution in [0.1, 0.15) is 78.6 Å². The van der Waals surface area contributed by atoms with Crippen molar-refractivity contribution in [2.75, 3.05) is 0 Å². The summed E-state index contributed by atoms with van der Waals surface area (Å²) in [5.74, 6) is 0.0360. The minimum Gasteiger partial charge on any atom is -0.478 e. The Labute approximate surface area is 167 Å². The second-order valence-electron chi connectivity index (χ2n) is 10.8. The molecular formula is C23H36O5. The molecule has 158 valence electrons. The molecule has 4 aliphatic carbocycles. The van der Waals surface area contributed by atoms with Gasteiger partial charge in [-0.3, -0.25) is 0 Å². The number of carboxylic acids is 1. The Bertz CT molecular complexity index is 703. The van der Waals surface area contributed by atoms with E-state index in [9.17, 15) is 25.2 Å². The van der Waals surface area contributed by atoms with Gasteiger partial charge in [0.25, 0.3) is 0 Å². The average Bonchev–Trinajstić information content (AvgIpc) is 2.83. The molecule has 0 spiro atoms. The van der Waals surface area contributed by atoms with Gasteiger partial charge in [0.15, 0.2) is 0 Å². The van der Waals surface area contributed by atoms with Crippen LogP contribution in [-0.4, -0.2) is 43.7 Å². The van der Waals surface area contributed by atoms with E-state index in [-0.39, 0.29) is 23.0 Å². The van der Waals surface area contributed by atoms with Gasteiger partial charge in [0.1, 0.15) is 0 Å². The summed E-state index contributed by atoms with van der Waals surface area (Å²) in [4.78, 5) is 11.4. The molecule has 4 rings (SSSR count). The van der Waals surface area contributed by atoms with Crippen molar-refractivity contribution in [1.82, 2.24) is 0 Å². The zero-order valence-corrected chi connectivity index (χ0v) is 17.4. The first-order chi connectivity index (χ1) is 13.0. The maximum absolute atomic E-state index is 12.0. The molecule has 0 unspecified atom stereocenters. The number of rotatable bonds is 2. The second kappa shape index (κ2) is 6.29. The van der Waals surface area contributed by atoms with Gasteiger partial charge >= 0.3 is 5.97 Å². The van der Waals surface area contributed by atoms with E-state index in [0.717, 1.165) is 38.5 Å². The van der Waals surface area contributed by atoms with Gasteiger partial charge in [-0.15, -0.1) is 0 Å². The van der Waals surface area contributed by atoms with Gasteiger partial charge in [-0.1, -0.05) is 13.8 Å². The SMILES string of the molecule is C/C(=C\[C@@]1(O)CC[C@]2(O)[C@@H]3CC[C@@H]4C[C@@H](O)CC[C@]4(C)[C@H]3CC[C@]12C)C(=O)O. The fourth-order valence-electron chi connectivity index (χ4n) is 7.91. The largest absolute Gasteiger partial charge is 0.478 e. The summed E-state index contributed by atoms with van der Waals surface area (Å²) in [6, 6.07) is 0. The van der Waals surface area contributed by atoms with Crippen LogP contribution in [0.15, 0.2) is 11.6 Å². The first-order valence-corrected chi connectivity index (χ1v) is 11.0. The first kappa shape index (κ1) is 20.4. The number of hydrogen-bond acceptors (Lipinski definition) is 4. The van der Waals surface area contributed by atoms with E-state index >= 15 is 0 Å². The molecule has 0 aromatic heterocycles. The third-order valence-electron chi connectivity index (χ3n) is 9.82. The summed E-state index contributed by atoms with van der Waals surface area (Å²) in [5, 5.41) is 43.0. The maximum Gasteiger partial charge on any atom is 0.331 e. The Morgan fingerprint density at radius 3 is 2.36 bits per heavy atom. The van der Waals surface area contributed by atoms with Crippen LogP contribution in [0.3, 0.4) is 0 Å². The van der Waals surface area contributed by atoms with Gasteiger partial charge in [0.05, 0.1) is 17.3 Å². The van der Waals surface area contributed by atoms with E-state index in [4.69, 9.17) is 0 Å².